The van der Waals surface area contributed by atoms with E-state index >= 15 is 0 Å². The highest BCUT2D eigenvalue weighted by atomic mass is 15.5. The molecular weight excluding hydrogens is 162 g/mol. The molecule has 13 heavy (non-hydrogen) atoms. The van der Waals surface area contributed by atoms with Crippen molar-refractivity contribution in [3.8, 4) is 0 Å². The Morgan fingerprint density at radius 1 is 1.31 bits per heavy atom. The Bertz CT molecular complexity index is 305. The molecule has 1 aromatic carbocycles. The van der Waals surface area contributed by atoms with Crippen LogP contribution in [0, 0.1) is 0 Å². The molecule has 0 radical (unpaired) electrons. The van der Waals surface area contributed by atoms with Crippen LogP contribution in [0.4, 0.5) is 5.69 Å². The van der Waals surface area contributed by atoms with Gasteiger partial charge in [0.25, 0.3) is 0 Å². The second kappa shape index (κ2) is 3.47. The topological polar surface area (TPSA) is 27.6 Å². The molecule has 3 nitrogen and oxygen atoms in total. The van der Waals surface area contributed by atoms with Gasteiger partial charge in [-0.1, -0.05) is 18.2 Å². The smallest absolute Gasteiger partial charge is 0.114 e. The van der Waals surface area contributed by atoms with Crippen molar-refractivity contribution in [2.45, 2.75) is 6.92 Å². The summed E-state index contributed by atoms with van der Waals surface area (Å²) in [7, 11) is 0. The third-order valence-corrected chi connectivity index (χ3v) is 2.09. The lowest BCUT2D eigenvalue weighted by Crippen LogP contribution is -2.31. The molecule has 0 aliphatic carbocycles. The van der Waals surface area contributed by atoms with Gasteiger partial charge >= 0.3 is 0 Å². The largest absolute Gasteiger partial charge is 0.297 e. The number of nitrogens with zero attached hydrogens (tertiary/aromatic N) is 2. The molecule has 0 atom stereocenters. The van der Waals surface area contributed by atoms with Crippen LogP contribution in [0.2, 0.25) is 0 Å². The highest BCUT2D eigenvalue weighted by Crippen LogP contribution is 2.09. The standard InChI is InChI=1S/C10H13N3/c1-9-11-7-8-13(9)12-10-5-3-2-4-6-10/h2-6,12H,7-8H2,1H3. The monoisotopic (exact) mass is 175 g/mol. The Balaban J connectivity index is 2.03. The van der Waals surface area contributed by atoms with E-state index in [-0.39, 0.29) is 0 Å². The number of nitrogens with one attached hydrogen (secondary N) is 1. The molecule has 0 bridgehead atoms. The normalized spacial score (nSPS) is 15.8. The Morgan fingerprint density at radius 2 is 2.08 bits per heavy atom. The van der Waals surface area contributed by atoms with Crippen LogP contribution in [0.25, 0.3) is 0 Å². The molecule has 0 saturated carbocycles. The van der Waals surface area contributed by atoms with Gasteiger partial charge in [-0.25, -0.2) is 0 Å². The maximum Gasteiger partial charge on any atom is 0.114 e. The summed E-state index contributed by atoms with van der Waals surface area (Å²) in [5.74, 6) is 1.06. The molecule has 1 aliphatic rings. The first-order valence-electron chi connectivity index (χ1n) is 4.46. The maximum absolute atomic E-state index is 4.29. The number of hydrazine groups is 1. The van der Waals surface area contributed by atoms with Crippen molar-refractivity contribution in [2.24, 2.45) is 4.99 Å². The minimum absolute atomic E-state index is 0.895. The van der Waals surface area contributed by atoms with E-state index < -0.39 is 0 Å². The predicted octanol–water partition coefficient (Wildman–Crippen LogP) is 1.75. The summed E-state index contributed by atoms with van der Waals surface area (Å²) in [4.78, 5) is 4.29. The highest BCUT2D eigenvalue weighted by Gasteiger charge is 2.11. The third-order valence-electron chi connectivity index (χ3n) is 2.09. The molecule has 1 heterocycles. The summed E-state index contributed by atoms with van der Waals surface area (Å²) in [6.07, 6.45) is 0. The van der Waals surface area contributed by atoms with Crippen LogP contribution in [-0.4, -0.2) is 23.9 Å². The van der Waals surface area contributed by atoms with Gasteiger partial charge < -0.3 is 0 Å². The molecule has 0 aromatic heterocycles. The zero-order chi connectivity index (χ0) is 9.10. The van der Waals surface area contributed by atoms with Crippen LogP contribution in [0.15, 0.2) is 35.3 Å². The number of rotatable bonds is 2. The van der Waals surface area contributed by atoms with Crippen molar-refractivity contribution in [2.75, 3.05) is 18.5 Å². The van der Waals surface area contributed by atoms with Crippen LogP contribution in [0.3, 0.4) is 0 Å². The lowest BCUT2D eigenvalue weighted by Gasteiger charge is -2.20. The fourth-order valence-electron chi connectivity index (χ4n) is 1.36. The summed E-state index contributed by atoms with van der Waals surface area (Å²) < 4.78 is 0. The number of hydrogen-bond donors (Lipinski definition) is 1. The molecule has 3 heteroatoms. The number of anilines is 1. The van der Waals surface area contributed by atoms with Crippen LogP contribution in [0.1, 0.15) is 6.92 Å². The zero-order valence-electron chi connectivity index (χ0n) is 7.70. The lowest BCUT2D eigenvalue weighted by atomic mass is 10.3. The zero-order valence-corrected chi connectivity index (χ0v) is 7.70. The number of para-hydroxylation sites is 1. The van der Waals surface area contributed by atoms with Gasteiger partial charge in [0, 0.05) is 0 Å². The lowest BCUT2D eigenvalue weighted by molar-refractivity contribution is 0.543. The average molecular weight is 175 g/mol. The second-order valence-corrected chi connectivity index (χ2v) is 3.06. The van der Waals surface area contributed by atoms with E-state index in [1.165, 1.54) is 0 Å². The third kappa shape index (κ3) is 1.80. The molecular formula is C10H13N3. The Hall–Kier alpha value is -1.51. The molecule has 0 saturated heterocycles. The number of benzene rings is 1. The van der Waals surface area contributed by atoms with Crippen LogP contribution in [0.5, 0.6) is 0 Å². The van der Waals surface area contributed by atoms with Crippen molar-refractivity contribution in [1.29, 1.82) is 0 Å². The molecule has 1 aliphatic heterocycles. The van der Waals surface area contributed by atoms with Gasteiger partial charge in [0.15, 0.2) is 0 Å². The van der Waals surface area contributed by atoms with E-state index in [9.17, 15) is 0 Å². The fourth-order valence-corrected chi connectivity index (χ4v) is 1.36. The Kier molecular flexibility index (Phi) is 2.17. The first kappa shape index (κ1) is 8.10. The van der Waals surface area contributed by atoms with Gasteiger partial charge in [0.05, 0.1) is 18.8 Å². The van der Waals surface area contributed by atoms with Crippen LogP contribution >= 0.6 is 0 Å². The van der Waals surface area contributed by atoms with Gasteiger partial charge in [0.2, 0.25) is 0 Å². The molecule has 0 spiro atoms. The maximum atomic E-state index is 4.29. The highest BCUT2D eigenvalue weighted by molar-refractivity contribution is 5.82. The number of amidine groups is 1. The predicted molar refractivity (Wildman–Crippen MR) is 54.7 cm³/mol. The Labute approximate surface area is 78.1 Å². The van der Waals surface area contributed by atoms with Crippen molar-refractivity contribution in [1.82, 2.24) is 5.01 Å². The average Bonchev–Trinajstić information content (AvgIpc) is 2.54. The quantitative estimate of drug-likeness (QED) is 0.741. The summed E-state index contributed by atoms with van der Waals surface area (Å²) in [5.41, 5.74) is 4.40. The van der Waals surface area contributed by atoms with Gasteiger partial charge in [-0.3, -0.25) is 15.4 Å². The molecule has 1 aromatic rings. The number of hydrogen-bond acceptors (Lipinski definition) is 3. The van der Waals surface area contributed by atoms with Gasteiger partial charge in [-0.15, -0.1) is 0 Å². The first-order valence-corrected chi connectivity index (χ1v) is 4.46. The van der Waals surface area contributed by atoms with E-state index in [1.54, 1.807) is 0 Å². The molecule has 68 valence electrons. The van der Waals surface area contributed by atoms with Crippen LogP contribution < -0.4 is 5.43 Å². The second-order valence-electron chi connectivity index (χ2n) is 3.06. The van der Waals surface area contributed by atoms with E-state index in [4.69, 9.17) is 0 Å². The molecule has 2 rings (SSSR count). The van der Waals surface area contributed by atoms with E-state index in [0.717, 1.165) is 24.6 Å². The van der Waals surface area contributed by atoms with Crippen molar-refractivity contribution in [3.63, 3.8) is 0 Å². The molecule has 0 fully saturated rings. The molecule has 0 unspecified atom stereocenters. The minimum Gasteiger partial charge on any atom is -0.297 e. The van der Waals surface area contributed by atoms with E-state index in [0.29, 0.717) is 0 Å². The SMILES string of the molecule is CC1=NCCN1Nc1ccccc1. The van der Waals surface area contributed by atoms with E-state index in [2.05, 4.69) is 15.4 Å². The fraction of sp³-hybridized carbons (Fsp3) is 0.300. The Morgan fingerprint density at radius 3 is 2.69 bits per heavy atom. The van der Waals surface area contributed by atoms with Crippen molar-refractivity contribution in [3.05, 3.63) is 30.3 Å². The van der Waals surface area contributed by atoms with Crippen molar-refractivity contribution < 1.29 is 0 Å². The van der Waals surface area contributed by atoms with Gasteiger partial charge in [-0.05, 0) is 19.1 Å². The van der Waals surface area contributed by atoms with E-state index in [1.807, 2.05) is 37.3 Å². The number of aliphatic imine (C=N–C) groups is 1. The summed E-state index contributed by atoms with van der Waals surface area (Å²) in [5, 5.41) is 2.06. The minimum atomic E-state index is 0.895. The first-order chi connectivity index (χ1) is 6.36. The van der Waals surface area contributed by atoms with Gasteiger partial charge in [-0.2, -0.15) is 0 Å². The summed E-state index contributed by atoms with van der Waals surface area (Å²) in [6.45, 7) is 3.87. The summed E-state index contributed by atoms with van der Waals surface area (Å²) in [6, 6.07) is 10.1. The molecule has 1 N–H and O–H groups in total. The summed E-state index contributed by atoms with van der Waals surface area (Å²) >= 11 is 0. The van der Waals surface area contributed by atoms with Gasteiger partial charge in [0.1, 0.15) is 5.84 Å². The van der Waals surface area contributed by atoms with Crippen LogP contribution in [-0.2, 0) is 0 Å². The molecule has 0 amide bonds. The van der Waals surface area contributed by atoms with Crippen molar-refractivity contribution >= 4 is 11.5 Å².